The molecule has 17 heavy (non-hydrogen) atoms. The highest BCUT2D eigenvalue weighted by molar-refractivity contribution is 5.24. The van der Waals surface area contributed by atoms with Gasteiger partial charge in [-0.2, -0.15) is 5.48 Å². The van der Waals surface area contributed by atoms with Gasteiger partial charge in [-0.1, -0.05) is 57.5 Å². The fraction of sp³-hybridized carbons (Fsp3) is 0.571. The first kappa shape index (κ1) is 16.1. The van der Waals surface area contributed by atoms with Gasteiger partial charge in [0.15, 0.2) is 6.23 Å². The Balaban J connectivity index is 0.000000581. The molecule has 0 aromatic heterocycles. The lowest BCUT2D eigenvalue weighted by atomic mass is 10.1. The summed E-state index contributed by atoms with van der Waals surface area (Å²) in [6.07, 6.45) is 0.195. The van der Waals surface area contributed by atoms with Gasteiger partial charge < -0.3 is 0 Å². The third kappa shape index (κ3) is 5.31. The molecule has 3 heteroatoms. The van der Waals surface area contributed by atoms with E-state index in [1.54, 1.807) is 0 Å². The molecule has 0 aliphatic carbocycles. The van der Waals surface area contributed by atoms with Crippen LogP contribution in [0.4, 0.5) is 0 Å². The van der Waals surface area contributed by atoms with E-state index in [1.165, 1.54) is 5.56 Å². The van der Waals surface area contributed by atoms with Gasteiger partial charge in [-0.25, -0.2) is 0 Å². The normalized spacial score (nSPS) is 22.0. The summed E-state index contributed by atoms with van der Waals surface area (Å²) >= 11 is 0. The monoisotopic (exact) mass is 238 g/mol. The third-order valence-electron chi connectivity index (χ3n) is 2.11. The molecule has 98 valence electrons. The zero-order valence-corrected chi connectivity index (χ0v) is 11.9. The maximum absolute atomic E-state index is 5.35. The summed E-state index contributed by atoms with van der Waals surface area (Å²) in [4.78, 5) is 5.35. The smallest absolute Gasteiger partial charge is 0.156 e. The number of rotatable bonds is 1. The molecule has 0 spiro atoms. The summed E-state index contributed by atoms with van der Waals surface area (Å²) in [5.74, 6) is 0. The fourth-order valence-electron chi connectivity index (χ4n) is 1.46. The van der Waals surface area contributed by atoms with E-state index in [2.05, 4.69) is 35.9 Å². The van der Waals surface area contributed by atoms with Crippen LogP contribution in [0.3, 0.4) is 0 Å². The van der Waals surface area contributed by atoms with E-state index < -0.39 is 0 Å². The molecule has 0 bridgehead atoms. The molecule has 1 saturated heterocycles. The van der Waals surface area contributed by atoms with Gasteiger partial charge in [-0.05, 0) is 19.4 Å². The molecule has 1 aliphatic rings. The Hall–Kier alpha value is -0.900. The molecular weight excluding hydrogens is 212 g/mol. The van der Waals surface area contributed by atoms with Gasteiger partial charge in [0.25, 0.3) is 0 Å². The van der Waals surface area contributed by atoms with Crippen molar-refractivity contribution >= 4 is 0 Å². The number of aryl methyl sites for hydroxylation is 1. The highest BCUT2D eigenvalue weighted by atomic mass is 16.7. The molecule has 1 heterocycles. The summed E-state index contributed by atoms with van der Waals surface area (Å²) in [5.41, 5.74) is 5.29. The number of hydrogen-bond donors (Lipinski definition) is 2. The van der Waals surface area contributed by atoms with Crippen LogP contribution in [-0.4, -0.2) is 6.17 Å². The molecule has 1 aliphatic heterocycles. The van der Waals surface area contributed by atoms with Gasteiger partial charge in [0.05, 0.1) is 6.17 Å². The molecule has 0 radical (unpaired) electrons. The van der Waals surface area contributed by atoms with Gasteiger partial charge in [-0.3, -0.25) is 10.2 Å². The summed E-state index contributed by atoms with van der Waals surface area (Å²) in [7, 11) is 0. The minimum absolute atomic E-state index is 0.0186. The third-order valence-corrected chi connectivity index (χ3v) is 2.11. The van der Waals surface area contributed by atoms with Crippen LogP contribution in [0.5, 0.6) is 0 Å². The predicted octanol–water partition coefficient (Wildman–Crippen LogP) is 3.52. The average molecular weight is 238 g/mol. The number of benzene rings is 1. The van der Waals surface area contributed by atoms with Gasteiger partial charge in [-0.15, -0.1) is 0 Å². The first-order valence-corrected chi connectivity index (χ1v) is 6.49. The SMILES string of the molecule is CC.CC.Cc1cccc(C2NC(C)NO2)c1. The Bertz CT molecular complexity index is 302. The standard InChI is InChI=1S/C10H14N2O.2C2H6/c1-7-4-3-5-9(6-7)10-11-8(2)12-13-10;2*1-2/h3-6,8,10-12H,1-2H3;2*1-2H3. The van der Waals surface area contributed by atoms with E-state index in [1.807, 2.05) is 40.7 Å². The Labute approximate surface area is 106 Å². The van der Waals surface area contributed by atoms with E-state index in [-0.39, 0.29) is 12.4 Å². The van der Waals surface area contributed by atoms with Crippen LogP contribution in [0.2, 0.25) is 0 Å². The fourth-order valence-corrected chi connectivity index (χ4v) is 1.46. The van der Waals surface area contributed by atoms with Crippen molar-refractivity contribution in [3.63, 3.8) is 0 Å². The molecule has 2 unspecified atom stereocenters. The number of hydrogen-bond acceptors (Lipinski definition) is 3. The molecule has 1 aromatic carbocycles. The Morgan fingerprint density at radius 3 is 2.24 bits per heavy atom. The molecule has 3 nitrogen and oxygen atoms in total. The number of nitrogens with one attached hydrogen (secondary N) is 2. The van der Waals surface area contributed by atoms with Crippen LogP contribution in [0, 0.1) is 6.92 Å². The lowest BCUT2D eigenvalue weighted by Gasteiger charge is -2.09. The van der Waals surface area contributed by atoms with Crippen molar-refractivity contribution in [3.8, 4) is 0 Å². The van der Waals surface area contributed by atoms with Crippen LogP contribution in [0.15, 0.2) is 24.3 Å². The highest BCUT2D eigenvalue weighted by Gasteiger charge is 2.21. The van der Waals surface area contributed by atoms with Crippen LogP contribution in [-0.2, 0) is 4.84 Å². The minimum atomic E-state index is -0.0186. The van der Waals surface area contributed by atoms with Crippen molar-refractivity contribution < 1.29 is 4.84 Å². The molecule has 1 fully saturated rings. The van der Waals surface area contributed by atoms with E-state index in [9.17, 15) is 0 Å². The summed E-state index contributed by atoms with van der Waals surface area (Å²) in [5, 5.41) is 3.26. The van der Waals surface area contributed by atoms with E-state index in [4.69, 9.17) is 4.84 Å². The molecular formula is C14H26N2O. The minimum Gasteiger partial charge on any atom is -0.276 e. The van der Waals surface area contributed by atoms with Gasteiger partial charge in [0.2, 0.25) is 0 Å². The first-order valence-electron chi connectivity index (χ1n) is 6.49. The first-order chi connectivity index (χ1) is 8.25. The molecule has 1 aromatic rings. The largest absolute Gasteiger partial charge is 0.276 e. The second-order valence-electron chi connectivity index (χ2n) is 3.42. The van der Waals surface area contributed by atoms with E-state index in [0.29, 0.717) is 0 Å². The van der Waals surface area contributed by atoms with Crippen LogP contribution in [0.1, 0.15) is 52.0 Å². The summed E-state index contributed by atoms with van der Waals surface area (Å²) in [6, 6.07) is 8.30. The van der Waals surface area contributed by atoms with Gasteiger partial charge in [0, 0.05) is 0 Å². The Kier molecular flexibility index (Phi) is 8.68. The summed E-state index contributed by atoms with van der Waals surface area (Å²) in [6.45, 7) is 12.1. The number of hydroxylamine groups is 1. The lowest BCUT2D eigenvalue weighted by molar-refractivity contribution is 0.0226. The maximum Gasteiger partial charge on any atom is 0.156 e. The molecule has 0 saturated carbocycles. The topological polar surface area (TPSA) is 33.3 Å². The van der Waals surface area contributed by atoms with Crippen molar-refractivity contribution in [1.29, 1.82) is 0 Å². The maximum atomic E-state index is 5.35. The quantitative estimate of drug-likeness (QED) is 0.785. The van der Waals surface area contributed by atoms with Crippen molar-refractivity contribution in [2.24, 2.45) is 0 Å². The molecule has 0 amide bonds. The Morgan fingerprint density at radius 2 is 1.76 bits per heavy atom. The Morgan fingerprint density at radius 1 is 1.12 bits per heavy atom. The predicted molar refractivity (Wildman–Crippen MR) is 73.4 cm³/mol. The second-order valence-corrected chi connectivity index (χ2v) is 3.42. The van der Waals surface area contributed by atoms with Gasteiger partial charge in [0.1, 0.15) is 0 Å². The second kappa shape index (κ2) is 9.16. The lowest BCUT2D eigenvalue weighted by Crippen LogP contribution is -2.27. The van der Waals surface area contributed by atoms with E-state index in [0.717, 1.165) is 5.56 Å². The van der Waals surface area contributed by atoms with E-state index >= 15 is 0 Å². The zero-order chi connectivity index (χ0) is 13.3. The van der Waals surface area contributed by atoms with Crippen molar-refractivity contribution in [3.05, 3.63) is 35.4 Å². The van der Waals surface area contributed by atoms with Crippen molar-refractivity contribution in [2.75, 3.05) is 0 Å². The zero-order valence-electron chi connectivity index (χ0n) is 11.9. The van der Waals surface area contributed by atoms with Crippen LogP contribution < -0.4 is 10.8 Å². The molecule has 2 rings (SSSR count). The average Bonchev–Trinajstić information content (AvgIpc) is 2.81. The van der Waals surface area contributed by atoms with Crippen LogP contribution in [0.25, 0.3) is 0 Å². The summed E-state index contributed by atoms with van der Waals surface area (Å²) < 4.78 is 0. The molecule has 2 atom stereocenters. The van der Waals surface area contributed by atoms with Crippen LogP contribution >= 0.6 is 0 Å². The highest BCUT2D eigenvalue weighted by Crippen LogP contribution is 2.18. The van der Waals surface area contributed by atoms with Crippen molar-refractivity contribution in [2.45, 2.75) is 53.9 Å². The van der Waals surface area contributed by atoms with Gasteiger partial charge >= 0.3 is 0 Å². The molecule has 2 N–H and O–H groups in total. The van der Waals surface area contributed by atoms with Crippen molar-refractivity contribution in [1.82, 2.24) is 10.8 Å².